The van der Waals surface area contributed by atoms with Gasteiger partial charge in [0, 0.05) is 10.6 Å². The number of halogens is 1. The molecule has 0 radical (unpaired) electrons. The van der Waals surface area contributed by atoms with Crippen LogP contribution in [0.4, 0.5) is 10.5 Å². The van der Waals surface area contributed by atoms with Crippen LogP contribution in [0.3, 0.4) is 0 Å². The van der Waals surface area contributed by atoms with Crippen molar-refractivity contribution in [2.75, 3.05) is 4.90 Å². The number of furan rings is 1. The van der Waals surface area contributed by atoms with Gasteiger partial charge in [0.05, 0.1) is 5.69 Å². The van der Waals surface area contributed by atoms with Gasteiger partial charge in [0.2, 0.25) is 0 Å². The predicted octanol–water partition coefficient (Wildman–Crippen LogP) is 4.57. The van der Waals surface area contributed by atoms with Crippen LogP contribution in [0.2, 0.25) is 5.02 Å². The van der Waals surface area contributed by atoms with E-state index in [1.807, 2.05) is 13.0 Å². The maximum atomic E-state index is 12.9. The standard InChI is InChI=1S/C22H15ClN2O4/c1-13-3-2-4-16(11-13)25-21(27)18(20(26)24-22(25)28)12-17-9-10-19(29-17)14-5-7-15(23)8-6-14/h2-12H,1H3,(H,24,26,28)/b18-12+. The van der Waals surface area contributed by atoms with Crippen molar-refractivity contribution in [3.8, 4) is 11.3 Å². The van der Waals surface area contributed by atoms with E-state index in [-0.39, 0.29) is 5.57 Å². The Kier molecular flexibility index (Phi) is 4.78. The fraction of sp³-hybridized carbons (Fsp3) is 0.0455. The molecular formula is C22H15ClN2O4. The number of carbonyl (C=O) groups excluding carboxylic acids is 3. The molecule has 1 fully saturated rings. The first kappa shape index (κ1) is 18.7. The number of urea groups is 1. The fourth-order valence-electron chi connectivity index (χ4n) is 3.00. The first-order chi connectivity index (χ1) is 13.9. The maximum Gasteiger partial charge on any atom is 0.335 e. The van der Waals surface area contributed by atoms with Crippen molar-refractivity contribution in [2.24, 2.45) is 0 Å². The number of rotatable bonds is 3. The first-order valence-electron chi connectivity index (χ1n) is 8.76. The van der Waals surface area contributed by atoms with Gasteiger partial charge in [-0.1, -0.05) is 23.7 Å². The average Bonchev–Trinajstić information content (AvgIpc) is 3.14. The van der Waals surface area contributed by atoms with E-state index in [4.69, 9.17) is 16.0 Å². The lowest BCUT2D eigenvalue weighted by molar-refractivity contribution is -0.122. The zero-order valence-electron chi connectivity index (χ0n) is 15.3. The molecule has 4 amide bonds. The fourth-order valence-corrected chi connectivity index (χ4v) is 3.13. The van der Waals surface area contributed by atoms with Gasteiger partial charge in [0.25, 0.3) is 11.8 Å². The summed E-state index contributed by atoms with van der Waals surface area (Å²) < 4.78 is 5.74. The van der Waals surface area contributed by atoms with Crippen molar-refractivity contribution in [2.45, 2.75) is 6.92 Å². The molecule has 4 rings (SSSR count). The zero-order chi connectivity index (χ0) is 20.5. The topological polar surface area (TPSA) is 79.6 Å². The normalized spacial score (nSPS) is 15.7. The summed E-state index contributed by atoms with van der Waals surface area (Å²) in [5, 5.41) is 2.80. The van der Waals surface area contributed by atoms with Crippen LogP contribution in [0.25, 0.3) is 17.4 Å². The second-order valence-electron chi connectivity index (χ2n) is 6.51. The van der Waals surface area contributed by atoms with E-state index in [0.29, 0.717) is 22.2 Å². The van der Waals surface area contributed by atoms with Gasteiger partial charge < -0.3 is 4.42 Å². The summed E-state index contributed by atoms with van der Waals surface area (Å²) in [4.78, 5) is 38.4. The van der Waals surface area contributed by atoms with Crippen molar-refractivity contribution in [1.29, 1.82) is 0 Å². The molecule has 1 N–H and O–H groups in total. The maximum absolute atomic E-state index is 12.9. The molecule has 6 nitrogen and oxygen atoms in total. The lowest BCUT2D eigenvalue weighted by Crippen LogP contribution is -2.54. The van der Waals surface area contributed by atoms with E-state index in [1.54, 1.807) is 54.6 Å². The number of aryl methyl sites for hydroxylation is 1. The predicted molar refractivity (Wildman–Crippen MR) is 109 cm³/mol. The molecule has 0 aliphatic carbocycles. The van der Waals surface area contributed by atoms with E-state index in [9.17, 15) is 14.4 Å². The van der Waals surface area contributed by atoms with Crippen molar-refractivity contribution < 1.29 is 18.8 Å². The number of hydrogen-bond acceptors (Lipinski definition) is 4. The van der Waals surface area contributed by atoms with Crippen molar-refractivity contribution >= 4 is 41.2 Å². The molecule has 7 heteroatoms. The van der Waals surface area contributed by atoms with Crippen LogP contribution in [0.5, 0.6) is 0 Å². The van der Waals surface area contributed by atoms with Crippen LogP contribution < -0.4 is 10.2 Å². The van der Waals surface area contributed by atoms with Gasteiger partial charge in [-0.25, -0.2) is 9.69 Å². The summed E-state index contributed by atoms with van der Waals surface area (Å²) >= 11 is 5.90. The van der Waals surface area contributed by atoms with E-state index in [0.717, 1.165) is 16.0 Å². The molecule has 2 aromatic carbocycles. The van der Waals surface area contributed by atoms with Gasteiger partial charge in [-0.2, -0.15) is 0 Å². The Morgan fingerprint density at radius 1 is 1.00 bits per heavy atom. The third-order valence-electron chi connectivity index (χ3n) is 4.40. The van der Waals surface area contributed by atoms with Crippen LogP contribution in [0.15, 0.2) is 70.7 Å². The van der Waals surface area contributed by atoms with E-state index < -0.39 is 17.8 Å². The minimum atomic E-state index is -0.788. The van der Waals surface area contributed by atoms with Crippen LogP contribution >= 0.6 is 11.6 Å². The summed E-state index contributed by atoms with van der Waals surface area (Å²) in [7, 11) is 0. The van der Waals surface area contributed by atoms with E-state index in [2.05, 4.69) is 5.32 Å². The highest BCUT2D eigenvalue weighted by Crippen LogP contribution is 2.27. The van der Waals surface area contributed by atoms with E-state index >= 15 is 0 Å². The van der Waals surface area contributed by atoms with Crippen molar-refractivity contribution in [3.05, 3.63) is 82.6 Å². The zero-order valence-corrected chi connectivity index (χ0v) is 16.1. The minimum absolute atomic E-state index is 0.192. The van der Waals surface area contributed by atoms with Crippen LogP contribution in [-0.4, -0.2) is 17.8 Å². The lowest BCUT2D eigenvalue weighted by atomic mass is 10.1. The summed E-state index contributed by atoms with van der Waals surface area (Å²) in [5.41, 5.74) is 1.87. The Balaban J connectivity index is 1.67. The molecular weight excluding hydrogens is 392 g/mol. The number of nitrogens with one attached hydrogen (secondary N) is 1. The molecule has 0 spiro atoms. The highest BCUT2D eigenvalue weighted by molar-refractivity contribution is 6.39. The Hall–Kier alpha value is -3.64. The van der Waals surface area contributed by atoms with Gasteiger partial charge in [0.1, 0.15) is 17.1 Å². The van der Waals surface area contributed by atoms with Crippen molar-refractivity contribution in [1.82, 2.24) is 5.32 Å². The number of benzene rings is 2. The number of imide groups is 2. The number of amides is 4. The van der Waals surface area contributed by atoms with Crippen molar-refractivity contribution in [3.63, 3.8) is 0 Å². The Morgan fingerprint density at radius 2 is 1.76 bits per heavy atom. The largest absolute Gasteiger partial charge is 0.457 e. The number of barbiturate groups is 1. The number of hydrogen-bond donors (Lipinski definition) is 1. The quantitative estimate of drug-likeness (QED) is 0.510. The summed E-state index contributed by atoms with van der Waals surface area (Å²) in [6, 6.07) is 16.6. The lowest BCUT2D eigenvalue weighted by Gasteiger charge is -2.26. The molecule has 0 saturated carbocycles. The molecule has 1 aliphatic rings. The second-order valence-corrected chi connectivity index (χ2v) is 6.94. The van der Waals surface area contributed by atoms with Gasteiger partial charge in [-0.15, -0.1) is 0 Å². The molecule has 144 valence electrons. The van der Waals surface area contributed by atoms with Crippen LogP contribution in [0.1, 0.15) is 11.3 Å². The number of carbonyl (C=O) groups is 3. The number of nitrogens with zero attached hydrogens (tertiary/aromatic N) is 1. The molecule has 2 heterocycles. The van der Waals surface area contributed by atoms with Gasteiger partial charge in [-0.05, 0) is 67.1 Å². The SMILES string of the molecule is Cc1cccc(N2C(=O)NC(=O)/C(=C\c3ccc(-c4ccc(Cl)cc4)o3)C2=O)c1. The monoisotopic (exact) mass is 406 g/mol. The molecule has 29 heavy (non-hydrogen) atoms. The Bertz CT molecular complexity index is 1160. The molecule has 0 bridgehead atoms. The van der Waals surface area contributed by atoms with Crippen LogP contribution in [-0.2, 0) is 9.59 Å². The summed E-state index contributed by atoms with van der Waals surface area (Å²) in [5.74, 6) is -0.613. The second kappa shape index (κ2) is 7.41. The van der Waals surface area contributed by atoms with Crippen LogP contribution in [0, 0.1) is 6.92 Å². The highest BCUT2D eigenvalue weighted by atomic mass is 35.5. The molecule has 1 saturated heterocycles. The third-order valence-corrected chi connectivity index (χ3v) is 4.66. The third kappa shape index (κ3) is 3.70. The molecule has 0 unspecified atom stereocenters. The molecule has 1 aliphatic heterocycles. The molecule has 0 atom stereocenters. The highest BCUT2D eigenvalue weighted by Gasteiger charge is 2.37. The van der Waals surface area contributed by atoms with Gasteiger partial charge in [0.15, 0.2) is 0 Å². The van der Waals surface area contributed by atoms with Gasteiger partial charge >= 0.3 is 6.03 Å². The molecule has 3 aromatic rings. The Morgan fingerprint density at radius 3 is 2.48 bits per heavy atom. The smallest absolute Gasteiger partial charge is 0.335 e. The van der Waals surface area contributed by atoms with E-state index in [1.165, 1.54) is 6.08 Å². The molecule has 1 aromatic heterocycles. The average molecular weight is 407 g/mol. The first-order valence-corrected chi connectivity index (χ1v) is 9.14. The van der Waals surface area contributed by atoms with Gasteiger partial charge in [-0.3, -0.25) is 14.9 Å². The number of anilines is 1. The minimum Gasteiger partial charge on any atom is -0.457 e. The summed E-state index contributed by atoms with van der Waals surface area (Å²) in [6.07, 6.45) is 1.33. The summed E-state index contributed by atoms with van der Waals surface area (Å²) in [6.45, 7) is 1.85. The Labute approximate surface area is 171 Å².